The van der Waals surface area contributed by atoms with E-state index in [1.54, 1.807) is 13.0 Å². The highest BCUT2D eigenvalue weighted by molar-refractivity contribution is 5.72. The standard InChI is InChI=1S/C16H16O3/c1-2-15(17)19-11-13-9-6-10-14(16(13)18)12-7-4-3-5-8-12/h3-10,18H,2,11H2,1H3. The predicted molar refractivity (Wildman–Crippen MR) is 73.6 cm³/mol. The van der Waals surface area contributed by atoms with Gasteiger partial charge in [0.1, 0.15) is 12.4 Å². The Hall–Kier alpha value is -2.29. The molecule has 0 spiro atoms. The van der Waals surface area contributed by atoms with Crippen LogP contribution in [0.15, 0.2) is 48.5 Å². The Morgan fingerprint density at radius 3 is 2.53 bits per heavy atom. The summed E-state index contributed by atoms with van der Waals surface area (Å²) < 4.78 is 5.05. The largest absolute Gasteiger partial charge is 0.507 e. The first kappa shape index (κ1) is 13.1. The van der Waals surface area contributed by atoms with E-state index in [1.165, 1.54) is 0 Å². The van der Waals surface area contributed by atoms with E-state index in [0.29, 0.717) is 12.0 Å². The second-order valence-electron chi connectivity index (χ2n) is 4.19. The van der Waals surface area contributed by atoms with Crippen LogP contribution in [0.5, 0.6) is 5.75 Å². The van der Waals surface area contributed by atoms with Crippen LogP contribution in [0.4, 0.5) is 0 Å². The smallest absolute Gasteiger partial charge is 0.305 e. The fourth-order valence-electron chi connectivity index (χ4n) is 1.82. The highest BCUT2D eigenvalue weighted by atomic mass is 16.5. The molecule has 0 saturated heterocycles. The number of aromatic hydroxyl groups is 1. The zero-order valence-electron chi connectivity index (χ0n) is 10.8. The molecule has 0 unspecified atom stereocenters. The minimum atomic E-state index is -0.274. The van der Waals surface area contributed by atoms with Gasteiger partial charge in [0.05, 0.1) is 0 Å². The number of phenolic OH excluding ortho intramolecular Hbond substituents is 1. The third-order valence-electron chi connectivity index (χ3n) is 2.88. The highest BCUT2D eigenvalue weighted by Crippen LogP contribution is 2.32. The van der Waals surface area contributed by atoms with Crippen molar-refractivity contribution in [1.29, 1.82) is 0 Å². The van der Waals surface area contributed by atoms with E-state index < -0.39 is 0 Å². The predicted octanol–water partition coefficient (Wildman–Crippen LogP) is 3.51. The molecule has 0 aromatic heterocycles. The molecular weight excluding hydrogens is 240 g/mol. The quantitative estimate of drug-likeness (QED) is 0.851. The van der Waals surface area contributed by atoms with E-state index in [1.807, 2.05) is 42.5 Å². The van der Waals surface area contributed by atoms with Crippen LogP contribution in [0, 0.1) is 0 Å². The Bertz CT molecular complexity index is 561. The van der Waals surface area contributed by atoms with Gasteiger partial charge in [-0.25, -0.2) is 0 Å². The number of phenols is 1. The lowest BCUT2D eigenvalue weighted by molar-refractivity contribution is -0.144. The maximum atomic E-state index is 11.1. The van der Waals surface area contributed by atoms with Gasteiger partial charge in [-0.3, -0.25) is 4.79 Å². The number of hydrogen-bond donors (Lipinski definition) is 1. The minimum absolute atomic E-state index is 0.0964. The molecule has 0 fully saturated rings. The Morgan fingerprint density at radius 1 is 1.11 bits per heavy atom. The zero-order chi connectivity index (χ0) is 13.7. The summed E-state index contributed by atoms with van der Waals surface area (Å²) in [6.45, 7) is 1.84. The van der Waals surface area contributed by atoms with Crippen molar-refractivity contribution in [2.45, 2.75) is 20.0 Å². The number of esters is 1. The van der Waals surface area contributed by atoms with E-state index >= 15 is 0 Å². The number of carbonyl (C=O) groups excluding carboxylic acids is 1. The molecule has 1 N–H and O–H groups in total. The molecule has 0 heterocycles. The summed E-state index contributed by atoms with van der Waals surface area (Å²) in [6.07, 6.45) is 0.332. The first-order chi connectivity index (χ1) is 9.22. The third-order valence-corrected chi connectivity index (χ3v) is 2.88. The van der Waals surface area contributed by atoms with Crippen LogP contribution >= 0.6 is 0 Å². The maximum Gasteiger partial charge on any atom is 0.305 e. The van der Waals surface area contributed by atoms with Crippen LogP contribution in [-0.4, -0.2) is 11.1 Å². The second kappa shape index (κ2) is 6.05. The highest BCUT2D eigenvalue weighted by Gasteiger charge is 2.10. The van der Waals surface area contributed by atoms with Gasteiger partial charge in [-0.1, -0.05) is 55.5 Å². The van der Waals surface area contributed by atoms with Crippen molar-refractivity contribution >= 4 is 5.97 Å². The Morgan fingerprint density at radius 2 is 1.84 bits per heavy atom. The van der Waals surface area contributed by atoms with Gasteiger partial charge in [0, 0.05) is 17.5 Å². The molecule has 0 aliphatic rings. The minimum Gasteiger partial charge on any atom is -0.507 e. The Kier molecular flexibility index (Phi) is 4.18. The molecule has 98 valence electrons. The van der Waals surface area contributed by atoms with Crippen LogP contribution in [-0.2, 0) is 16.1 Å². The first-order valence-electron chi connectivity index (χ1n) is 6.24. The van der Waals surface area contributed by atoms with Gasteiger partial charge >= 0.3 is 5.97 Å². The van der Waals surface area contributed by atoms with Crippen LogP contribution in [0.2, 0.25) is 0 Å². The number of hydrogen-bond acceptors (Lipinski definition) is 3. The molecule has 3 heteroatoms. The fraction of sp³-hybridized carbons (Fsp3) is 0.188. The van der Waals surface area contributed by atoms with E-state index in [9.17, 15) is 9.90 Å². The van der Waals surface area contributed by atoms with Gasteiger partial charge < -0.3 is 9.84 Å². The topological polar surface area (TPSA) is 46.5 Å². The fourth-order valence-corrected chi connectivity index (χ4v) is 1.82. The summed E-state index contributed by atoms with van der Waals surface area (Å²) in [6, 6.07) is 15.1. The molecule has 0 amide bonds. The monoisotopic (exact) mass is 256 g/mol. The second-order valence-corrected chi connectivity index (χ2v) is 4.19. The summed E-state index contributed by atoms with van der Waals surface area (Å²) in [5.74, 6) is -0.109. The molecule has 0 bridgehead atoms. The number of para-hydroxylation sites is 1. The van der Waals surface area contributed by atoms with Gasteiger partial charge in [-0.2, -0.15) is 0 Å². The van der Waals surface area contributed by atoms with Gasteiger partial charge in [0.15, 0.2) is 0 Å². The van der Waals surface area contributed by atoms with Gasteiger partial charge in [-0.05, 0) is 5.56 Å². The summed E-state index contributed by atoms with van der Waals surface area (Å²) in [4.78, 5) is 11.1. The lowest BCUT2D eigenvalue weighted by Gasteiger charge is -2.10. The van der Waals surface area contributed by atoms with Gasteiger partial charge in [0.25, 0.3) is 0 Å². The molecule has 0 aliphatic carbocycles. The molecule has 2 rings (SSSR count). The summed E-state index contributed by atoms with van der Waals surface area (Å²) in [5, 5.41) is 10.2. The van der Waals surface area contributed by atoms with E-state index in [2.05, 4.69) is 0 Å². The van der Waals surface area contributed by atoms with E-state index in [4.69, 9.17) is 4.74 Å². The van der Waals surface area contributed by atoms with Crippen LogP contribution in [0.1, 0.15) is 18.9 Å². The van der Waals surface area contributed by atoms with Crippen molar-refractivity contribution in [1.82, 2.24) is 0 Å². The van der Waals surface area contributed by atoms with Crippen molar-refractivity contribution < 1.29 is 14.6 Å². The van der Waals surface area contributed by atoms with E-state index in [-0.39, 0.29) is 18.3 Å². The number of ether oxygens (including phenoxy) is 1. The molecule has 2 aromatic carbocycles. The van der Waals surface area contributed by atoms with Crippen molar-refractivity contribution in [3.8, 4) is 16.9 Å². The molecule has 0 aliphatic heterocycles. The lowest BCUT2D eigenvalue weighted by Crippen LogP contribution is -2.02. The summed E-state index contributed by atoms with van der Waals surface area (Å²) in [7, 11) is 0. The third kappa shape index (κ3) is 3.13. The molecule has 2 aromatic rings. The number of benzene rings is 2. The number of carbonyl (C=O) groups is 1. The van der Waals surface area contributed by atoms with Crippen LogP contribution in [0.25, 0.3) is 11.1 Å². The Labute approximate surface area is 112 Å². The zero-order valence-corrected chi connectivity index (χ0v) is 10.8. The van der Waals surface area contributed by atoms with Crippen molar-refractivity contribution in [2.24, 2.45) is 0 Å². The lowest BCUT2D eigenvalue weighted by atomic mass is 10.0. The number of rotatable bonds is 4. The summed E-state index contributed by atoms with van der Waals surface area (Å²) >= 11 is 0. The van der Waals surface area contributed by atoms with E-state index in [0.717, 1.165) is 11.1 Å². The molecule has 19 heavy (non-hydrogen) atoms. The van der Waals surface area contributed by atoms with Crippen molar-refractivity contribution in [3.05, 3.63) is 54.1 Å². The normalized spacial score (nSPS) is 10.2. The molecule has 0 atom stereocenters. The van der Waals surface area contributed by atoms with Crippen molar-refractivity contribution in [3.63, 3.8) is 0 Å². The van der Waals surface area contributed by atoms with Gasteiger partial charge in [-0.15, -0.1) is 0 Å². The molecule has 0 radical (unpaired) electrons. The Balaban J connectivity index is 2.26. The maximum absolute atomic E-state index is 11.1. The van der Waals surface area contributed by atoms with Crippen LogP contribution < -0.4 is 0 Å². The molecule has 0 saturated carbocycles. The molecular formula is C16H16O3. The SMILES string of the molecule is CCC(=O)OCc1cccc(-c2ccccc2)c1O. The first-order valence-corrected chi connectivity index (χ1v) is 6.24. The summed E-state index contributed by atoms with van der Waals surface area (Å²) in [5.41, 5.74) is 2.29. The average Bonchev–Trinajstić information content (AvgIpc) is 2.46. The van der Waals surface area contributed by atoms with Gasteiger partial charge in [0.2, 0.25) is 0 Å². The van der Waals surface area contributed by atoms with Crippen molar-refractivity contribution in [2.75, 3.05) is 0 Å². The van der Waals surface area contributed by atoms with Crippen LogP contribution in [0.3, 0.4) is 0 Å². The average molecular weight is 256 g/mol. The molecule has 3 nitrogen and oxygen atoms in total.